The number of nitrogens with zero attached hydrogens (tertiary/aromatic N) is 3. The van der Waals surface area contributed by atoms with Crippen LogP contribution in [0.2, 0.25) is 5.02 Å². The minimum absolute atomic E-state index is 0.188. The van der Waals surface area contributed by atoms with E-state index in [0.29, 0.717) is 17.4 Å². The van der Waals surface area contributed by atoms with E-state index >= 15 is 0 Å². The largest absolute Gasteiger partial charge is 0.451 e. The van der Waals surface area contributed by atoms with Crippen molar-refractivity contribution in [2.75, 3.05) is 0 Å². The van der Waals surface area contributed by atoms with Crippen molar-refractivity contribution in [2.45, 2.75) is 25.9 Å². The molecule has 0 amide bonds. The number of fused-ring (bicyclic) bond motifs is 1. The predicted molar refractivity (Wildman–Crippen MR) is 57.6 cm³/mol. The molecule has 2 aromatic heterocycles. The second-order valence-electron chi connectivity index (χ2n) is 3.63. The molecule has 0 aliphatic rings. The Morgan fingerprint density at radius 2 is 2.06 bits per heavy atom. The van der Waals surface area contributed by atoms with Crippen LogP contribution in [0.1, 0.15) is 24.9 Å². The van der Waals surface area contributed by atoms with Crippen molar-refractivity contribution >= 4 is 17.4 Å². The molecule has 0 saturated heterocycles. The Labute approximate surface area is 104 Å². The van der Waals surface area contributed by atoms with E-state index in [1.165, 1.54) is 0 Å². The summed E-state index contributed by atoms with van der Waals surface area (Å²) in [7, 11) is 0. The SMILES string of the molecule is CCCc1nc2nc(C(F)(F)F)[nH]n2c(=O)c1Cl. The second-order valence-corrected chi connectivity index (χ2v) is 4.01. The van der Waals surface area contributed by atoms with Gasteiger partial charge in [-0.1, -0.05) is 24.9 Å². The van der Waals surface area contributed by atoms with Crippen LogP contribution in [0.25, 0.3) is 5.78 Å². The van der Waals surface area contributed by atoms with E-state index in [-0.39, 0.29) is 16.5 Å². The van der Waals surface area contributed by atoms with Crippen LogP contribution in [0.3, 0.4) is 0 Å². The van der Waals surface area contributed by atoms with E-state index < -0.39 is 17.6 Å². The van der Waals surface area contributed by atoms with Crippen LogP contribution in [-0.4, -0.2) is 19.6 Å². The van der Waals surface area contributed by atoms with Crippen LogP contribution in [0, 0.1) is 0 Å². The summed E-state index contributed by atoms with van der Waals surface area (Å²) >= 11 is 5.75. The lowest BCUT2D eigenvalue weighted by atomic mass is 10.2. The number of rotatable bonds is 2. The van der Waals surface area contributed by atoms with Gasteiger partial charge in [0.2, 0.25) is 5.82 Å². The van der Waals surface area contributed by atoms with Gasteiger partial charge in [0.25, 0.3) is 11.3 Å². The van der Waals surface area contributed by atoms with Crippen LogP contribution >= 0.6 is 11.6 Å². The fourth-order valence-electron chi connectivity index (χ4n) is 1.47. The fraction of sp³-hybridized carbons (Fsp3) is 0.444. The lowest BCUT2D eigenvalue weighted by molar-refractivity contribution is -0.144. The van der Waals surface area contributed by atoms with Gasteiger partial charge in [-0.2, -0.15) is 22.7 Å². The third kappa shape index (κ3) is 2.07. The molecule has 0 aliphatic carbocycles. The summed E-state index contributed by atoms with van der Waals surface area (Å²) in [6.07, 6.45) is -3.60. The highest BCUT2D eigenvalue weighted by Gasteiger charge is 2.35. The number of hydrogen-bond donors (Lipinski definition) is 1. The molecule has 0 bridgehead atoms. The maximum Gasteiger partial charge on any atom is 0.451 e. The Bertz CT molecular complexity index is 646. The first kappa shape index (κ1) is 12.9. The van der Waals surface area contributed by atoms with E-state index in [2.05, 4.69) is 9.97 Å². The van der Waals surface area contributed by atoms with Gasteiger partial charge in [0.1, 0.15) is 5.02 Å². The highest BCUT2D eigenvalue weighted by molar-refractivity contribution is 6.31. The van der Waals surface area contributed by atoms with Gasteiger partial charge < -0.3 is 0 Å². The summed E-state index contributed by atoms with van der Waals surface area (Å²) in [5, 5.41) is 1.65. The molecule has 5 nitrogen and oxygen atoms in total. The number of hydrogen-bond acceptors (Lipinski definition) is 3. The Morgan fingerprint density at radius 3 is 2.61 bits per heavy atom. The van der Waals surface area contributed by atoms with Gasteiger partial charge in [-0.15, -0.1) is 0 Å². The Morgan fingerprint density at radius 1 is 1.39 bits per heavy atom. The van der Waals surface area contributed by atoms with Gasteiger partial charge in [-0.25, -0.2) is 4.98 Å². The molecule has 0 radical (unpaired) electrons. The Balaban J connectivity index is 2.70. The van der Waals surface area contributed by atoms with E-state index in [1.807, 2.05) is 12.0 Å². The molecule has 0 atom stereocenters. The number of aryl methyl sites for hydroxylation is 1. The van der Waals surface area contributed by atoms with Crippen molar-refractivity contribution in [1.82, 2.24) is 19.6 Å². The average Bonchev–Trinajstić information content (AvgIpc) is 2.69. The maximum atomic E-state index is 12.4. The topological polar surface area (TPSA) is 63.1 Å². The Kier molecular flexibility index (Phi) is 3.05. The van der Waals surface area contributed by atoms with Gasteiger partial charge >= 0.3 is 6.18 Å². The molecule has 2 heterocycles. The Hall–Kier alpha value is -1.57. The average molecular weight is 281 g/mol. The summed E-state index contributed by atoms with van der Waals surface area (Å²) in [6.45, 7) is 1.84. The molecule has 1 N–H and O–H groups in total. The predicted octanol–water partition coefficient (Wildman–Crippen LogP) is 2.04. The maximum absolute atomic E-state index is 12.4. The lowest BCUT2D eigenvalue weighted by Gasteiger charge is -2.00. The zero-order chi connectivity index (χ0) is 13.5. The molecule has 18 heavy (non-hydrogen) atoms. The first-order valence-corrected chi connectivity index (χ1v) is 5.46. The summed E-state index contributed by atoms with van der Waals surface area (Å²) < 4.78 is 37.9. The molecule has 2 aromatic rings. The second kappa shape index (κ2) is 4.27. The van der Waals surface area contributed by atoms with Gasteiger partial charge in [0.05, 0.1) is 5.69 Å². The number of alkyl halides is 3. The quantitative estimate of drug-likeness (QED) is 0.916. The highest BCUT2D eigenvalue weighted by Crippen LogP contribution is 2.26. The van der Waals surface area contributed by atoms with Crippen molar-refractivity contribution < 1.29 is 13.2 Å². The van der Waals surface area contributed by atoms with Crippen molar-refractivity contribution in [2.24, 2.45) is 0 Å². The van der Waals surface area contributed by atoms with Gasteiger partial charge in [0.15, 0.2) is 0 Å². The fourth-order valence-corrected chi connectivity index (χ4v) is 1.69. The number of aromatic nitrogens is 4. The molecule has 0 fully saturated rings. The number of halogens is 4. The molecule has 0 aromatic carbocycles. The van der Waals surface area contributed by atoms with Crippen molar-refractivity contribution in [3.8, 4) is 0 Å². The zero-order valence-electron chi connectivity index (χ0n) is 9.18. The number of H-pyrrole nitrogens is 1. The van der Waals surface area contributed by atoms with Crippen LogP contribution in [0.15, 0.2) is 4.79 Å². The zero-order valence-corrected chi connectivity index (χ0v) is 9.93. The van der Waals surface area contributed by atoms with E-state index in [1.54, 1.807) is 0 Å². The molecule has 9 heteroatoms. The van der Waals surface area contributed by atoms with Crippen LogP contribution < -0.4 is 5.56 Å². The van der Waals surface area contributed by atoms with E-state index in [0.717, 1.165) is 0 Å². The molecule has 2 rings (SSSR count). The van der Waals surface area contributed by atoms with Gasteiger partial charge in [-0.3, -0.25) is 9.89 Å². The van der Waals surface area contributed by atoms with Crippen molar-refractivity contribution in [1.29, 1.82) is 0 Å². The normalized spacial score (nSPS) is 12.3. The first-order valence-electron chi connectivity index (χ1n) is 5.09. The third-order valence-corrected chi connectivity index (χ3v) is 2.64. The smallest absolute Gasteiger partial charge is 0.267 e. The molecular formula is C9H8ClF3N4O. The summed E-state index contributed by atoms with van der Waals surface area (Å²) in [5.74, 6) is -1.61. The van der Waals surface area contributed by atoms with Crippen LogP contribution in [0.5, 0.6) is 0 Å². The van der Waals surface area contributed by atoms with E-state index in [9.17, 15) is 18.0 Å². The first-order chi connectivity index (χ1) is 8.34. The summed E-state index contributed by atoms with van der Waals surface area (Å²) in [4.78, 5) is 18.8. The van der Waals surface area contributed by atoms with Crippen molar-refractivity contribution in [3.05, 3.63) is 26.9 Å². The van der Waals surface area contributed by atoms with Gasteiger partial charge in [0, 0.05) is 0 Å². The van der Waals surface area contributed by atoms with E-state index in [4.69, 9.17) is 11.6 Å². The highest BCUT2D eigenvalue weighted by atomic mass is 35.5. The number of aromatic amines is 1. The van der Waals surface area contributed by atoms with Crippen LogP contribution in [0.4, 0.5) is 13.2 Å². The monoisotopic (exact) mass is 280 g/mol. The molecule has 98 valence electrons. The van der Waals surface area contributed by atoms with Crippen LogP contribution in [-0.2, 0) is 12.6 Å². The number of nitrogens with one attached hydrogen (secondary N) is 1. The minimum atomic E-state index is -4.67. The van der Waals surface area contributed by atoms with Crippen molar-refractivity contribution in [3.63, 3.8) is 0 Å². The minimum Gasteiger partial charge on any atom is -0.267 e. The molecule has 0 saturated carbocycles. The molecule has 0 aliphatic heterocycles. The summed E-state index contributed by atoms with van der Waals surface area (Å²) in [6, 6.07) is 0. The molecular weight excluding hydrogens is 273 g/mol. The summed E-state index contributed by atoms with van der Waals surface area (Å²) in [5.41, 5.74) is -0.530. The standard InChI is InChI=1S/C9H8ClF3N4O/c1-2-3-4-5(10)6(18)17-8(14-4)15-7(16-17)9(11,12)13/h2-3H2,1H3,(H,14,15,16). The molecule has 0 spiro atoms. The lowest BCUT2D eigenvalue weighted by Crippen LogP contribution is -2.18. The molecule has 0 unspecified atom stereocenters. The van der Waals surface area contributed by atoms with Gasteiger partial charge in [-0.05, 0) is 6.42 Å². The third-order valence-electron chi connectivity index (χ3n) is 2.26.